The number of rotatable bonds is 10. The van der Waals surface area contributed by atoms with Gasteiger partial charge in [-0.15, -0.1) is 0 Å². The molecule has 5 rings (SSSR count). The number of aliphatic hydroxyl groups is 2. The average molecular weight is 546 g/mol. The minimum absolute atomic E-state index is 0.188. The van der Waals surface area contributed by atoms with Crippen LogP contribution in [0.1, 0.15) is 16.7 Å². The molecule has 5 aromatic rings. The van der Waals surface area contributed by atoms with Crippen LogP contribution in [0, 0.1) is 0 Å². The zero-order valence-corrected chi connectivity index (χ0v) is 22.8. The molecule has 208 valence electrons. The van der Waals surface area contributed by atoms with Crippen molar-refractivity contribution in [1.29, 1.82) is 0 Å². The molecule has 0 saturated heterocycles. The molecule has 0 aliphatic carbocycles. The van der Waals surface area contributed by atoms with Crippen molar-refractivity contribution < 1.29 is 33.6 Å². The third kappa shape index (κ3) is 4.74. The summed E-state index contributed by atoms with van der Waals surface area (Å²) in [5.41, 5.74) is 4.12. The maximum atomic E-state index is 13.5. The van der Waals surface area contributed by atoms with Gasteiger partial charge >= 0.3 is 5.63 Å². The van der Waals surface area contributed by atoms with E-state index in [0.29, 0.717) is 69.0 Å². The summed E-state index contributed by atoms with van der Waals surface area (Å²) in [6.45, 7) is 0.0689. The van der Waals surface area contributed by atoms with Crippen LogP contribution in [0.3, 0.4) is 0 Å². The Kier molecular flexibility index (Phi) is 7.68. The second kappa shape index (κ2) is 11.3. The van der Waals surface area contributed by atoms with Crippen LogP contribution in [0.4, 0.5) is 0 Å². The molecule has 2 aromatic heterocycles. The molecule has 9 heteroatoms. The molecule has 0 aliphatic rings. The average Bonchev–Trinajstić information content (AvgIpc) is 3.39. The number of methoxy groups -OCH3 is 4. The number of benzene rings is 3. The zero-order valence-electron chi connectivity index (χ0n) is 22.8. The highest BCUT2D eigenvalue weighted by Gasteiger charge is 2.21. The minimum Gasteiger partial charge on any atom is -0.493 e. The summed E-state index contributed by atoms with van der Waals surface area (Å²) >= 11 is 0. The van der Waals surface area contributed by atoms with Crippen molar-refractivity contribution in [3.63, 3.8) is 0 Å². The molecular formula is C31H31NO8. The molecule has 0 radical (unpaired) electrons. The van der Waals surface area contributed by atoms with E-state index in [-0.39, 0.29) is 13.2 Å². The molecule has 9 nitrogen and oxygen atoms in total. The van der Waals surface area contributed by atoms with Crippen LogP contribution in [-0.2, 0) is 26.2 Å². The maximum Gasteiger partial charge on any atom is 0.361 e. The van der Waals surface area contributed by atoms with Gasteiger partial charge in [0.1, 0.15) is 11.1 Å². The van der Waals surface area contributed by atoms with Gasteiger partial charge in [0.05, 0.1) is 41.7 Å². The molecule has 3 aromatic carbocycles. The van der Waals surface area contributed by atoms with E-state index < -0.39 is 5.63 Å². The molecule has 0 spiro atoms. The van der Waals surface area contributed by atoms with Gasteiger partial charge in [0, 0.05) is 35.1 Å². The van der Waals surface area contributed by atoms with E-state index in [9.17, 15) is 15.0 Å². The quantitative estimate of drug-likeness (QED) is 0.244. The van der Waals surface area contributed by atoms with Crippen LogP contribution in [0.15, 0.2) is 63.9 Å². The number of aromatic nitrogens is 1. The smallest absolute Gasteiger partial charge is 0.361 e. The second-order valence-corrected chi connectivity index (χ2v) is 9.29. The molecule has 40 heavy (non-hydrogen) atoms. The van der Waals surface area contributed by atoms with Crippen LogP contribution in [-0.4, -0.2) is 43.2 Å². The number of ether oxygens (including phenoxy) is 4. The lowest BCUT2D eigenvalue weighted by Gasteiger charge is -2.11. The maximum absolute atomic E-state index is 13.5. The first-order chi connectivity index (χ1) is 19.5. The highest BCUT2D eigenvalue weighted by atomic mass is 16.5. The first-order valence-electron chi connectivity index (χ1n) is 12.7. The standard InChI is InChI=1S/C31H31NO8/c1-36-24-8-5-18(11-26(24)37-2)9-10-32-15-23(19-6-7-20(16-33)21(12-19)17-34)29-22-13-27(38-3)28(39-4)14-25(22)40-31(35)30(29)32/h5-8,11-15,33-34H,9-10,16-17H2,1-4H3. The molecule has 0 bridgehead atoms. The van der Waals surface area contributed by atoms with Crippen molar-refractivity contribution in [2.75, 3.05) is 28.4 Å². The molecular weight excluding hydrogens is 514 g/mol. The number of aryl methyl sites for hydroxylation is 2. The molecule has 2 N–H and O–H groups in total. The summed E-state index contributed by atoms with van der Waals surface area (Å²) in [5, 5.41) is 21.0. The topological polar surface area (TPSA) is 113 Å². The third-order valence-corrected chi connectivity index (χ3v) is 7.18. The molecule has 0 fully saturated rings. The lowest BCUT2D eigenvalue weighted by molar-refractivity contribution is 0.260. The van der Waals surface area contributed by atoms with E-state index in [1.165, 1.54) is 7.11 Å². The molecule has 2 heterocycles. The molecule has 0 aliphatic heterocycles. The lowest BCUT2D eigenvalue weighted by Crippen LogP contribution is -2.08. The van der Waals surface area contributed by atoms with E-state index in [1.807, 2.05) is 41.1 Å². The predicted octanol–water partition coefficient (Wildman–Crippen LogP) is 4.68. The zero-order chi connectivity index (χ0) is 28.4. The number of aliphatic hydroxyl groups excluding tert-OH is 2. The minimum atomic E-state index is -0.484. The van der Waals surface area contributed by atoms with Crippen molar-refractivity contribution >= 4 is 21.9 Å². The third-order valence-electron chi connectivity index (χ3n) is 7.18. The number of fused-ring (bicyclic) bond motifs is 3. The van der Waals surface area contributed by atoms with Crippen molar-refractivity contribution in [1.82, 2.24) is 4.57 Å². The van der Waals surface area contributed by atoms with Gasteiger partial charge in [-0.05, 0) is 52.9 Å². The van der Waals surface area contributed by atoms with Crippen LogP contribution in [0.2, 0.25) is 0 Å². The fourth-order valence-electron chi connectivity index (χ4n) is 5.11. The van der Waals surface area contributed by atoms with Crippen molar-refractivity contribution in [3.05, 3.63) is 81.8 Å². The van der Waals surface area contributed by atoms with E-state index in [0.717, 1.165) is 16.7 Å². The monoisotopic (exact) mass is 545 g/mol. The van der Waals surface area contributed by atoms with E-state index in [4.69, 9.17) is 23.4 Å². The van der Waals surface area contributed by atoms with E-state index in [1.54, 1.807) is 39.5 Å². The number of hydrogen-bond donors (Lipinski definition) is 2. The normalized spacial score (nSPS) is 11.2. The lowest BCUT2D eigenvalue weighted by atomic mass is 9.98. The summed E-state index contributed by atoms with van der Waals surface area (Å²) in [6, 6.07) is 14.7. The first-order valence-corrected chi connectivity index (χ1v) is 12.7. The molecule has 0 saturated carbocycles. The largest absolute Gasteiger partial charge is 0.493 e. The molecule has 0 unspecified atom stereocenters. The summed E-state index contributed by atoms with van der Waals surface area (Å²) in [6.07, 6.45) is 2.53. The second-order valence-electron chi connectivity index (χ2n) is 9.29. The SMILES string of the molecule is COc1ccc(CCn2cc(-c3ccc(CO)c(CO)c3)c3c4cc(OC)c(OC)cc4oc(=O)c32)cc1OC. The van der Waals surface area contributed by atoms with E-state index in [2.05, 4.69) is 0 Å². The van der Waals surface area contributed by atoms with Gasteiger partial charge in [0.25, 0.3) is 0 Å². The van der Waals surface area contributed by atoms with Crippen LogP contribution in [0.5, 0.6) is 23.0 Å². The van der Waals surface area contributed by atoms with Crippen molar-refractivity contribution in [2.24, 2.45) is 0 Å². The van der Waals surface area contributed by atoms with Crippen molar-refractivity contribution in [3.8, 4) is 34.1 Å². The fraction of sp³-hybridized carbons (Fsp3) is 0.258. The van der Waals surface area contributed by atoms with Crippen LogP contribution < -0.4 is 24.6 Å². The highest BCUT2D eigenvalue weighted by molar-refractivity contribution is 6.12. The number of nitrogens with zero attached hydrogens (tertiary/aromatic N) is 1. The Hall–Kier alpha value is -4.47. The van der Waals surface area contributed by atoms with Gasteiger partial charge < -0.3 is 38.1 Å². The van der Waals surface area contributed by atoms with Crippen LogP contribution in [0.25, 0.3) is 33.0 Å². The highest BCUT2D eigenvalue weighted by Crippen LogP contribution is 2.40. The Labute approximate surface area is 230 Å². The Morgan fingerprint density at radius 2 is 1.45 bits per heavy atom. The molecule has 0 atom stereocenters. The molecule has 0 amide bonds. The summed E-state index contributed by atoms with van der Waals surface area (Å²) in [5.74, 6) is 2.22. The summed E-state index contributed by atoms with van der Waals surface area (Å²) in [7, 11) is 6.26. The predicted molar refractivity (Wildman–Crippen MR) is 152 cm³/mol. The Morgan fingerprint density at radius 1 is 0.775 bits per heavy atom. The fourth-order valence-corrected chi connectivity index (χ4v) is 5.11. The van der Waals surface area contributed by atoms with E-state index >= 15 is 0 Å². The van der Waals surface area contributed by atoms with Gasteiger partial charge in [-0.1, -0.05) is 18.2 Å². The summed E-state index contributed by atoms with van der Waals surface area (Å²) < 4.78 is 29.5. The Balaban J connectivity index is 1.73. The van der Waals surface area contributed by atoms with Crippen molar-refractivity contribution in [2.45, 2.75) is 26.2 Å². The van der Waals surface area contributed by atoms with Gasteiger partial charge in [-0.25, -0.2) is 4.79 Å². The van der Waals surface area contributed by atoms with Gasteiger partial charge in [-0.3, -0.25) is 0 Å². The van der Waals surface area contributed by atoms with Gasteiger partial charge in [0.15, 0.2) is 23.0 Å². The van der Waals surface area contributed by atoms with Gasteiger partial charge in [0.2, 0.25) is 0 Å². The Morgan fingerprint density at radius 3 is 2.12 bits per heavy atom. The Bertz CT molecular complexity index is 1750. The summed E-state index contributed by atoms with van der Waals surface area (Å²) in [4.78, 5) is 13.5. The first kappa shape index (κ1) is 27.1. The van der Waals surface area contributed by atoms with Gasteiger partial charge in [-0.2, -0.15) is 0 Å². The number of hydrogen-bond acceptors (Lipinski definition) is 8. The van der Waals surface area contributed by atoms with Crippen LogP contribution >= 0.6 is 0 Å².